The van der Waals surface area contributed by atoms with Crippen LogP contribution in [0.15, 0.2) is 26.4 Å². The number of nitrogens with two attached hydrogens (primary N) is 1. The number of aromatic amines is 2. The number of nitrogens with one attached hydrogen (secondary N) is 2. The second-order valence-electron chi connectivity index (χ2n) is 5.81. The number of aromatic nitrogens is 5. The van der Waals surface area contributed by atoms with Crippen LogP contribution in [0.2, 0.25) is 0 Å². The first-order valence-electron chi connectivity index (χ1n) is 7.31. The van der Waals surface area contributed by atoms with E-state index in [-0.39, 0.29) is 16.9 Å². The van der Waals surface area contributed by atoms with Gasteiger partial charge in [0.2, 0.25) is 0 Å². The Labute approximate surface area is 128 Å². The van der Waals surface area contributed by atoms with Crippen molar-refractivity contribution in [3.63, 3.8) is 0 Å². The fourth-order valence-corrected chi connectivity index (χ4v) is 2.94. The molecular formula is C14H14N6O3. The summed E-state index contributed by atoms with van der Waals surface area (Å²) in [5.74, 6) is 0.720. The molecular weight excluding hydrogens is 300 g/mol. The first kappa shape index (κ1) is 13.8. The molecule has 0 aromatic carbocycles. The number of rotatable bonds is 2. The van der Waals surface area contributed by atoms with Gasteiger partial charge in [0.05, 0.1) is 16.5 Å². The van der Waals surface area contributed by atoms with Gasteiger partial charge in [0.25, 0.3) is 11.4 Å². The lowest BCUT2D eigenvalue weighted by atomic mass is 9.99. The zero-order valence-corrected chi connectivity index (χ0v) is 12.1. The van der Waals surface area contributed by atoms with Gasteiger partial charge in [-0.25, -0.2) is 9.78 Å². The minimum Gasteiger partial charge on any atom is -0.334 e. The summed E-state index contributed by atoms with van der Waals surface area (Å²) < 4.78 is 5.28. The standard InChI is InChI=1S/C14H14N6O3/c15-14(3-1-2-4-14)12-19-11(23-20-12)7-5-8-9(16-6-7)17-13(22)18-10(8)21/h5-6H,1-4,15H2,(H2,16,17,18,21,22). The summed E-state index contributed by atoms with van der Waals surface area (Å²) in [6, 6.07) is 1.55. The van der Waals surface area contributed by atoms with Crippen LogP contribution in [0.4, 0.5) is 0 Å². The second-order valence-corrected chi connectivity index (χ2v) is 5.81. The predicted molar refractivity (Wildman–Crippen MR) is 80.6 cm³/mol. The number of fused-ring (bicyclic) bond motifs is 1. The second kappa shape index (κ2) is 4.85. The molecule has 4 rings (SSSR count). The van der Waals surface area contributed by atoms with Crippen molar-refractivity contribution in [1.29, 1.82) is 0 Å². The Morgan fingerprint density at radius 2 is 2.00 bits per heavy atom. The van der Waals surface area contributed by atoms with E-state index in [1.165, 1.54) is 6.20 Å². The maximum atomic E-state index is 11.8. The molecule has 0 atom stereocenters. The molecule has 0 unspecified atom stereocenters. The maximum absolute atomic E-state index is 11.8. The highest BCUT2D eigenvalue weighted by Crippen LogP contribution is 2.35. The van der Waals surface area contributed by atoms with E-state index in [9.17, 15) is 9.59 Å². The lowest BCUT2D eigenvalue weighted by molar-refractivity contribution is 0.372. The van der Waals surface area contributed by atoms with Crippen molar-refractivity contribution in [3.05, 3.63) is 38.9 Å². The molecule has 9 nitrogen and oxygen atoms in total. The van der Waals surface area contributed by atoms with E-state index in [0.29, 0.717) is 11.4 Å². The molecule has 118 valence electrons. The molecule has 1 aliphatic rings. The fraction of sp³-hybridized carbons (Fsp3) is 0.357. The zero-order chi connectivity index (χ0) is 16.0. The highest BCUT2D eigenvalue weighted by molar-refractivity contribution is 5.77. The topological polar surface area (TPSA) is 144 Å². The number of nitrogens with zero attached hydrogens (tertiary/aromatic N) is 3. The zero-order valence-electron chi connectivity index (χ0n) is 12.1. The van der Waals surface area contributed by atoms with Crippen LogP contribution >= 0.6 is 0 Å². The summed E-state index contributed by atoms with van der Waals surface area (Å²) in [7, 11) is 0. The number of hydrogen-bond acceptors (Lipinski definition) is 7. The molecule has 0 saturated heterocycles. The average Bonchev–Trinajstić information content (AvgIpc) is 3.17. The quantitative estimate of drug-likeness (QED) is 0.620. The van der Waals surface area contributed by atoms with Crippen molar-refractivity contribution < 1.29 is 4.52 Å². The van der Waals surface area contributed by atoms with Crippen LogP contribution in [0.1, 0.15) is 31.5 Å². The van der Waals surface area contributed by atoms with Gasteiger partial charge in [0.15, 0.2) is 5.82 Å². The van der Waals surface area contributed by atoms with Crippen molar-refractivity contribution in [2.75, 3.05) is 0 Å². The van der Waals surface area contributed by atoms with Gasteiger partial charge in [0.1, 0.15) is 5.65 Å². The van der Waals surface area contributed by atoms with Crippen molar-refractivity contribution in [1.82, 2.24) is 25.1 Å². The van der Waals surface area contributed by atoms with Crippen molar-refractivity contribution in [3.8, 4) is 11.5 Å². The van der Waals surface area contributed by atoms with Gasteiger partial charge in [-0.1, -0.05) is 18.0 Å². The Bertz CT molecular complexity index is 995. The minimum atomic E-state index is -0.603. The molecule has 0 amide bonds. The van der Waals surface area contributed by atoms with Crippen molar-refractivity contribution >= 4 is 11.0 Å². The predicted octanol–water partition coefficient (Wildman–Crippen LogP) is 0.389. The van der Waals surface area contributed by atoms with Gasteiger partial charge in [-0.05, 0) is 18.9 Å². The first-order chi connectivity index (χ1) is 11.0. The molecule has 0 radical (unpaired) electrons. The molecule has 1 saturated carbocycles. The smallest absolute Gasteiger partial charge is 0.327 e. The van der Waals surface area contributed by atoms with E-state index in [2.05, 4.69) is 25.1 Å². The Morgan fingerprint density at radius 3 is 2.78 bits per heavy atom. The third-order valence-corrected chi connectivity index (χ3v) is 4.21. The van der Waals surface area contributed by atoms with Gasteiger partial charge in [-0.15, -0.1) is 0 Å². The van der Waals surface area contributed by atoms with Crippen molar-refractivity contribution in [2.45, 2.75) is 31.2 Å². The number of hydrogen-bond donors (Lipinski definition) is 3. The maximum Gasteiger partial charge on any atom is 0.327 e. The summed E-state index contributed by atoms with van der Waals surface area (Å²) in [6.07, 6.45) is 5.19. The number of pyridine rings is 1. The van der Waals surface area contributed by atoms with Crippen LogP contribution in [0.25, 0.3) is 22.5 Å². The van der Waals surface area contributed by atoms with Crippen LogP contribution in [0.3, 0.4) is 0 Å². The Morgan fingerprint density at radius 1 is 1.22 bits per heavy atom. The molecule has 3 aromatic heterocycles. The highest BCUT2D eigenvalue weighted by Gasteiger charge is 2.36. The summed E-state index contributed by atoms with van der Waals surface area (Å²) in [4.78, 5) is 36.1. The molecule has 1 aliphatic carbocycles. The lowest BCUT2D eigenvalue weighted by Gasteiger charge is -2.17. The molecule has 0 spiro atoms. The van der Waals surface area contributed by atoms with Crippen LogP contribution in [-0.2, 0) is 5.54 Å². The van der Waals surface area contributed by atoms with Gasteiger partial charge >= 0.3 is 5.69 Å². The van der Waals surface area contributed by atoms with Gasteiger partial charge in [0, 0.05) is 6.20 Å². The van der Waals surface area contributed by atoms with E-state index < -0.39 is 16.8 Å². The lowest BCUT2D eigenvalue weighted by Crippen LogP contribution is -2.34. The molecule has 23 heavy (non-hydrogen) atoms. The van der Waals surface area contributed by atoms with Gasteiger partial charge in [-0.2, -0.15) is 4.98 Å². The van der Waals surface area contributed by atoms with E-state index in [4.69, 9.17) is 10.3 Å². The van der Waals surface area contributed by atoms with Gasteiger partial charge in [-0.3, -0.25) is 14.8 Å². The fourth-order valence-electron chi connectivity index (χ4n) is 2.94. The highest BCUT2D eigenvalue weighted by atomic mass is 16.5. The SMILES string of the molecule is NC1(c2noc(-c3cnc4[nH]c(=O)[nH]c(=O)c4c3)n2)CCCC1. The van der Waals surface area contributed by atoms with E-state index in [1.54, 1.807) is 6.07 Å². The molecule has 0 bridgehead atoms. The number of H-pyrrole nitrogens is 2. The molecule has 1 fully saturated rings. The largest absolute Gasteiger partial charge is 0.334 e. The monoisotopic (exact) mass is 314 g/mol. The van der Waals surface area contributed by atoms with Crippen LogP contribution < -0.4 is 17.0 Å². The average molecular weight is 314 g/mol. The van der Waals surface area contributed by atoms with E-state index >= 15 is 0 Å². The Balaban J connectivity index is 1.79. The molecule has 3 heterocycles. The van der Waals surface area contributed by atoms with E-state index in [1.807, 2.05) is 0 Å². The molecule has 0 aliphatic heterocycles. The Hall–Kier alpha value is -2.81. The minimum absolute atomic E-state index is 0.202. The molecule has 9 heteroatoms. The van der Waals surface area contributed by atoms with Crippen LogP contribution in [0.5, 0.6) is 0 Å². The van der Waals surface area contributed by atoms with Crippen LogP contribution in [-0.4, -0.2) is 25.1 Å². The summed E-state index contributed by atoms with van der Waals surface area (Å²) in [5.41, 5.74) is 5.33. The van der Waals surface area contributed by atoms with Crippen molar-refractivity contribution in [2.24, 2.45) is 5.73 Å². The molecule has 4 N–H and O–H groups in total. The van der Waals surface area contributed by atoms with Gasteiger partial charge < -0.3 is 10.3 Å². The summed E-state index contributed by atoms with van der Waals surface area (Å²) >= 11 is 0. The van der Waals surface area contributed by atoms with E-state index in [0.717, 1.165) is 25.7 Å². The van der Waals surface area contributed by atoms with Crippen LogP contribution in [0, 0.1) is 0 Å². The summed E-state index contributed by atoms with van der Waals surface area (Å²) in [6.45, 7) is 0. The summed E-state index contributed by atoms with van der Waals surface area (Å²) in [5, 5.41) is 4.22. The first-order valence-corrected chi connectivity index (χ1v) is 7.31. The third-order valence-electron chi connectivity index (χ3n) is 4.21. The Kier molecular flexibility index (Phi) is 2.91. The molecule has 3 aromatic rings. The normalized spacial score (nSPS) is 16.9. The third kappa shape index (κ3) is 2.25.